The van der Waals surface area contributed by atoms with Crippen molar-refractivity contribution in [3.05, 3.63) is 54.7 Å². The number of pyridine rings is 1. The number of ether oxygens (including phenoxy) is 2. The Bertz CT molecular complexity index is 1060. The zero-order valence-electron chi connectivity index (χ0n) is 16.5. The molecule has 10 nitrogen and oxygen atoms in total. The van der Waals surface area contributed by atoms with Crippen LogP contribution in [0.15, 0.2) is 59.6 Å². The third kappa shape index (κ3) is 5.55. The summed E-state index contributed by atoms with van der Waals surface area (Å²) in [6.45, 7) is 0.450. The van der Waals surface area contributed by atoms with Crippen LogP contribution in [0.1, 0.15) is 0 Å². The van der Waals surface area contributed by atoms with Gasteiger partial charge in [-0.3, -0.25) is 0 Å². The summed E-state index contributed by atoms with van der Waals surface area (Å²) in [6, 6.07) is 13.6. The summed E-state index contributed by atoms with van der Waals surface area (Å²) in [6.07, 6.45) is 1.67. The average Bonchev–Trinajstić information content (AvgIpc) is 2.78. The summed E-state index contributed by atoms with van der Waals surface area (Å²) < 4.78 is 37.9. The van der Waals surface area contributed by atoms with Crippen molar-refractivity contribution in [3.8, 4) is 11.5 Å². The Morgan fingerprint density at radius 3 is 2.37 bits per heavy atom. The molecule has 0 saturated carbocycles. The Kier molecular flexibility index (Phi) is 6.99. The molecule has 2 aromatic heterocycles. The zero-order valence-corrected chi connectivity index (χ0v) is 17.3. The molecule has 0 aliphatic rings. The van der Waals surface area contributed by atoms with Gasteiger partial charge in [0.25, 0.3) is 0 Å². The van der Waals surface area contributed by atoms with Crippen molar-refractivity contribution in [2.45, 2.75) is 4.90 Å². The molecule has 1 aromatic carbocycles. The molecular weight excluding hydrogens is 408 g/mol. The fraction of sp³-hybridized carbons (Fsp3) is 0.211. The van der Waals surface area contributed by atoms with Crippen LogP contribution in [0.5, 0.6) is 11.5 Å². The first kappa shape index (κ1) is 21.3. The standard InChI is InChI=1S/C19H22N6O4S/c1-28-14-6-7-15(29-2)16(13-14)30(26,27)22-12-11-21-18-8-9-19(25-24-18)23-17-5-3-4-10-20-17/h3-10,13,22H,11-12H2,1-2H3,(H,21,24)(H,20,23,25). The van der Waals surface area contributed by atoms with E-state index in [1.165, 1.54) is 20.3 Å². The molecule has 3 aromatic rings. The maximum atomic E-state index is 12.6. The predicted octanol–water partition coefficient (Wildman–Crippen LogP) is 2.02. The van der Waals surface area contributed by atoms with E-state index in [0.717, 1.165) is 0 Å². The topological polar surface area (TPSA) is 127 Å². The maximum absolute atomic E-state index is 12.6. The molecule has 11 heteroatoms. The fourth-order valence-corrected chi connectivity index (χ4v) is 3.72. The van der Waals surface area contributed by atoms with E-state index in [9.17, 15) is 8.42 Å². The first-order valence-electron chi connectivity index (χ1n) is 8.99. The molecule has 2 heterocycles. The number of sulfonamides is 1. The van der Waals surface area contributed by atoms with E-state index in [0.29, 0.717) is 29.7 Å². The van der Waals surface area contributed by atoms with Crippen molar-refractivity contribution in [1.29, 1.82) is 0 Å². The molecule has 0 atom stereocenters. The van der Waals surface area contributed by atoms with E-state index in [1.54, 1.807) is 30.5 Å². The number of hydrogen-bond donors (Lipinski definition) is 3. The number of hydrogen-bond acceptors (Lipinski definition) is 9. The van der Waals surface area contributed by atoms with Gasteiger partial charge in [0.05, 0.1) is 14.2 Å². The van der Waals surface area contributed by atoms with E-state index in [2.05, 4.69) is 30.5 Å². The van der Waals surface area contributed by atoms with Crippen molar-refractivity contribution in [2.24, 2.45) is 0 Å². The smallest absolute Gasteiger partial charge is 0.244 e. The summed E-state index contributed by atoms with van der Waals surface area (Å²) in [4.78, 5) is 4.16. The third-order valence-electron chi connectivity index (χ3n) is 3.97. The van der Waals surface area contributed by atoms with Crippen LogP contribution in [0.2, 0.25) is 0 Å². The van der Waals surface area contributed by atoms with Crippen molar-refractivity contribution >= 4 is 27.5 Å². The van der Waals surface area contributed by atoms with Gasteiger partial charge >= 0.3 is 0 Å². The highest BCUT2D eigenvalue weighted by atomic mass is 32.2. The summed E-state index contributed by atoms with van der Waals surface area (Å²) in [5, 5.41) is 14.2. The van der Waals surface area contributed by atoms with Crippen LogP contribution in [0.25, 0.3) is 0 Å². The van der Waals surface area contributed by atoms with E-state index in [4.69, 9.17) is 9.47 Å². The van der Waals surface area contributed by atoms with E-state index >= 15 is 0 Å². The third-order valence-corrected chi connectivity index (χ3v) is 5.45. The maximum Gasteiger partial charge on any atom is 0.244 e. The molecule has 0 fully saturated rings. The lowest BCUT2D eigenvalue weighted by atomic mass is 10.3. The molecule has 0 aliphatic carbocycles. The molecule has 0 spiro atoms. The fourth-order valence-electron chi connectivity index (χ4n) is 2.51. The molecule has 0 saturated heterocycles. The second kappa shape index (κ2) is 9.85. The Balaban J connectivity index is 1.53. The quantitative estimate of drug-likeness (QED) is 0.414. The van der Waals surface area contributed by atoms with E-state index in [-0.39, 0.29) is 17.2 Å². The SMILES string of the molecule is COc1ccc(OC)c(S(=O)(=O)NCCNc2ccc(Nc3ccccn3)nn2)c1. The van der Waals surface area contributed by atoms with E-state index < -0.39 is 10.0 Å². The van der Waals surface area contributed by atoms with Gasteiger partial charge in [-0.25, -0.2) is 18.1 Å². The van der Waals surface area contributed by atoms with E-state index in [1.807, 2.05) is 18.2 Å². The van der Waals surface area contributed by atoms with Crippen molar-refractivity contribution in [3.63, 3.8) is 0 Å². The van der Waals surface area contributed by atoms with Gasteiger partial charge in [0.15, 0.2) is 5.82 Å². The summed E-state index contributed by atoms with van der Waals surface area (Å²) in [5.74, 6) is 2.38. The molecule has 3 rings (SSSR count). The Hall–Kier alpha value is -3.44. The Morgan fingerprint density at radius 2 is 1.70 bits per heavy atom. The number of benzene rings is 1. The lowest BCUT2D eigenvalue weighted by Crippen LogP contribution is -2.29. The molecule has 0 aliphatic heterocycles. The lowest BCUT2D eigenvalue weighted by molar-refractivity contribution is 0.392. The van der Waals surface area contributed by atoms with Crippen molar-refractivity contribution in [1.82, 2.24) is 19.9 Å². The minimum absolute atomic E-state index is 0.00842. The highest BCUT2D eigenvalue weighted by Gasteiger charge is 2.20. The van der Waals surface area contributed by atoms with Gasteiger partial charge in [-0.15, -0.1) is 10.2 Å². The minimum atomic E-state index is -3.78. The van der Waals surface area contributed by atoms with Gasteiger partial charge in [0.1, 0.15) is 28.0 Å². The van der Waals surface area contributed by atoms with Crippen LogP contribution in [0.3, 0.4) is 0 Å². The van der Waals surface area contributed by atoms with Gasteiger partial charge < -0.3 is 20.1 Å². The highest BCUT2D eigenvalue weighted by molar-refractivity contribution is 7.89. The number of anilines is 3. The van der Waals surface area contributed by atoms with Crippen LogP contribution in [-0.4, -0.2) is 50.9 Å². The first-order chi connectivity index (χ1) is 14.5. The summed E-state index contributed by atoms with van der Waals surface area (Å²) in [7, 11) is -0.903. The molecule has 0 radical (unpaired) electrons. The number of nitrogens with one attached hydrogen (secondary N) is 3. The normalized spacial score (nSPS) is 11.0. The highest BCUT2D eigenvalue weighted by Crippen LogP contribution is 2.27. The molecule has 0 unspecified atom stereocenters. The number of rotatable bonds is 10. The lowest BCUT2D eigenvalue weighted by Gasteiger charge is -2.12. The number of methoxy groups -OCH3 is 2. The Morgan fingerprint density at radius 1 is 0.900 bits per heavy atom. The minimum Gasteiger partial charge on any atom is -0.497 e. The molecule has 0 amide bonds. The monoisotopic (exact) mass is 430 g/mol. The van der Waals surface area contributed by atoms with Gasteiger partial charge in [0.2, 0.25) is 10.0 Å². The van der Waals surface area contributed by atoms with Gasteiger partial charge in [0, 0.05) is 25.4 Å². The van der Waals surface area contributed by atoms with Gasteiger partial charge in [-0.2, -0.15) is 0 Å². The van der Waals surface area contributed by atoms with Crippen molar-refractivity contribution < 1.29 is 17.9 Å². The van der Waals surface area contributed by atoms with Crippen LogP contribution in [0, 0.1) is 0 Å². The molecular formula is C19H22N6O4S. The van der Waals surface area contributed by atoms with Gasteiger partial charge in [-0.05, 0) is 36.4 Å². The molecule has 3 N–H and O–H groups in total. The second-order valence-electron chi connectivity index (χ2n) is 5.99. The van der Waals surface area contributed by atoms with Crippen LogP contribution >= 0.6 is 0 Å². The molecule has 158 valence electrons. The average molecular weight is 430 g/mol. The van der Waals surface area contributed by atoms with Crippen LogP contribution in [-0.2, 0) is 10.0 Å². The molecule has 30 heavy (non-hydrogen) atoms. The predicted molar refractivity (Wildman–Crippen MR) is 113 cm³/mol. The van der Waals surface area contributed by atoms with Crippen LogP contribution in [0.4, 0.5) is 17.5 Å². The summed E-state index contributed by atoms with van der Waals surface area (Å²) in [5.41, 5.74) is 0. The van der Waals surface area contributed by atoms with Crippen molar-refractivity contribution in [2.75, 3.05) is 37.9 Å². The second-order valence-corrected chi connectivity index (χ2v) is 7.72. The molecule has 0 bridgehead atoms. The first-order valence-corrected chi connectivity index (χ1v) is 10.5. The van der Waals surface area contributed by atoms with Gasteiger partial charge in [-0.1, -0.05) is 6.07 Å². The largest absolute Gasteiger partial charge is 0.497 e. The number of aromatic nitrogens is 3. The van der Waals surface area contributed by atoms with Crippen LogP contribution < -0.4 is 24.8 Å². The summed E-state index contributed by atoms with van der Waals surface area (Å²) >= 11 is 0. The Labute approximate surface area is 174 Å². The zero-order chi connectivity index (χ0) is 21.4. The number of nitrogens with zero attached hydrogens (tertiary/aromatic N) is 3.